The molecule has 0 saturated carbocycles. The second-order valence-corrected chi connectivity index (χ2v) is 6.93. The minimum absolute atomic E-state index is 0.0163. The first kappa shape index (κ1) is 15.6. The molecule has 6 nitrogen and oxygen atoms in total. The van der Waals surface area contributed by atoms with Gasteiger partial charge in [-0.25, -0.2) is 8.42 Å². The predicted molar refractivity (Wildman–Crippen MR) is 91.1 cm³/mol. The van der Waals surface area contributed by atoms with Gasteiger partial charge < -0.3 is 10.1 Å². The van der Waals surface area contributed by atoms with E-state index in [4.69, 9.17) is 16.3 Å². The highest BCUT2D eigenvalue weighted by molar-refractivity contribution is 7.92. The van der Waals surface area contributed by atoms with Gasteiger partial charge in [-0.05, 0) is 30.3 Å². The molecule has 0 radical (unpaired) electrons. The van der Waals surface area contributed by atoms with Crippen LogP contribution >= 0.6 is 11.6 Å². The standard InChI is InChI=1S/C15H14ClN3O3S/c1-22-14-6-5-10(16)7-15(14)23(20,21)19-13-4-2-3-12-11(13)8-17-9-18-12/h2-7,9,19H,8H2,1H3,(H,17,18). The summed E-state index contributed by atoms with van der Waals surface area (Å²) in [6.45, 7) is 0.397. The normalized spacial score (nSPS) is 13.1. The molecule has 23 heavy (non-hydrogen) atoms. The molecule has 0 fully saturated rings. The quantitative estimate of drug-likeness (QED) is 0.887. The monoisotopic (exact) mass is 351 g/mol. The van der Waals surface area contributed by atoms with Crippen LogP contribution in [-0.4, -0.2) is 21.9 Å². The van der Waals surface area contributed by atoms with E-state index in [9.17, 15) is 8.42 Å². The number of ether oxygens (including phenoxy) is 1. The summed E-state index contributed by atoms with van der Waals surface area (Å²) in [5, 5.41) is 3.30. The molecule has 0 amide bonds. The van der Waals surface area contributed by atoms with Crippen molar-refractivity contribution in [3.05, 3.63) is 47.0 Å². The molecule has 1 aliphatic rings. The summed E-state index contributed by atoms with van der Waals surface area (Å²) < 4.78 is 33.1. The van der Waals surface area contributed by atoms with Gasteiger partial charge in [0.25, 0.3) is 10.0 Å². The zero-order chi connectivity index (χ0) is 16.4. The summed E-state index contributed by atoms with van der Waals surface area (Å²) in [6.07, 6.45) is 1.58. The van der Waals surface area contributed by atoms with E-state index >= 15 is 0 Å². The molecule has 120 valence electrons. The zero-order valence-corrected chi connectivity index (χ0v) is 13.8. The fraction of sp³-hybridized carbons (Fsp3) is 0.133. The Morgan fingerprint density at radius 1 is 1.30 bits per heavy atom. The van der Waals surface area contributed by atoms with E-state index < -0.39 is 10.0 Å². The maximum absolute atomic E-state index is 12.7. The summed E-state index contributed by atoms with van der Waals surface area (Å²) in [5.41, 5.74) is 2.06. The van der Waals surface area contributed by atoms with Gasteiger partial charge in [0, 0.05) is 16.3 Å². The second-order valence-electron chi connectivity index (χ2n) is 4.85. The Morgan fingerprint density at radius 2 is 2.13 bits per heavy atom. The number of anilines is 2. The lowest BCUT2D eigenvalue weighted by Crippen LogP contribution is -2.17. The smallest absolute Gasteiger partial charge is 0.265 e. The lowest BCUT2D eigenvalue weighted by atomic mass is 10.1. The minimum atomic E-state index is -3.85. The Hall–Kier alpha value is -2.25. The first-order chi connectivity index (χ1) is 11.0. The van der Waals surface area contributed by atoms with Crippen molar-refractivity contribution >= 4 is 39.3 Å². The minimum Gasteiger partial charge on any atom is -0.495 e. The van der Waals surface area contributed by atoms with Crippen LogP contribution < -0.4 is 14.8 Å². The van der Waals surface area contributed by atoms with Crippen molar-refractivity contribution in [3.8, 4) is 5.75 Å². The van der Waals surface area contributed by atoms with Gasteiger partial charge >= 0.3 is 0 Å². The predicted octanol–water partition coefficient (Wildman–Crippen LogP) is 3.10. The molecule has 0 bridgehead atoms. The number of rotatable bonds is 4. The second kappa shape index (κ2) is 6.10. The summed E-state index contributed by atoms with van der Waals surface area (Å²) in [4.78, 5) is 4.10. The van der Waals surface area contributed by atoms with E-state index in [1.807, 2.05) is 6.07 Å². The van der Waals surface area contributed by atoms with Crippen LogP contribution in [0.15, 0.2) is 46.3 Å². The topological polar surface area (TPSA) is 79.8 Å². The first-order valence-corrected chi connectivity index (χ1v) is 8.60. The lowest BCUT2D eigenvalue weighted by molar-refractivity contribution is 0.403. The zero-order valence-electron chi connectivity index (χ0n) is 12.2. The van der Waals surface area contributed by atoms with Crippen molar-refractivity contribution < 1.29 is 13.2 Å². The third-order valence-corrected chi connectivity index (χ3v) is 5.02. The molecule has 3 rings (SSSR count). The van der Waals surface area contributed by atoms with Crippen LogP contribution in [0.4, 0.5) is 11.4 Å². The average Bonchev–Trinajstić information content (AvgIpc) is 2.55. The molecule has 0 saturated heterocycles. The van der Waals surface area contributed by atoms with Gasteiger partial charge in [-0.3, -0.25) is 9.71 Å². The fourth-order valence-electron chi connectivity index (χ4n) is 2.30. The summed E-state index contributed by atoms with van der Waals surface area (Å²) in [6, 6.07) is 9.76. The van der Waals surface area contributed by atoms with Crippen LogP contribution in [0.3, 0.4) is 0 Å². The van der Waals surface area contributed by atoms with Crippen molar-refractivity contribution in [2.24, 2.45) is 4.99 Å². The highest BCUT2D eigenvalue weighted by Crippen LogP contribution is 2.32. The van der Waals surface area contributed by atoms with Crippen LogP contribution in [-0.2, 0) is 16.6 Å². The van der Waals surface area contributed by atoms with Gasteiger partial charge in [0.05, 0.1) is 25.7 Å². The Bertz CT molecular complexity index is 882. The Balaban J connectivity index is 2.02. The number of halogens is 1. The molecule has 0 aromatic heterocycles. The highest BCUT2D eigenvalue weighted by Gasteiger charge is 2.22. The molecular formula is C15H14ClN3O3S. The first-order valence-electron chi connectivity index (χ1n) is 6.74. The van der Waals surface area contributed by atoms with Gasteiger partial charge in [0.2, 0.25) is 0 Å². The Kier molecular flexibility index (Phi) is 4.14. The molecule has 8 heteroatoms. The number of fused-ring (bicyclic) bond motifs is 1. The van der Waals surface area contributed by atoms with Crippen molar-refractivity contribution in [1.82, 2.24) is 0 Å². The highest BCUT2D eigenvalue weighted by atomic mass is 35.5. The summed E-state index contributed by atoms with van der Waals surface area (Å²) >= 11 is 5.92. The molecule has 2 aromatic carbocycles. The Morgan fingerprint density at radius 3 is 2.91 bits per heavy atom. The molecule has 0 aliphatic carbocycles. The molecule has 0 atom stereocenters. The number of aliphatic imine (C=N–C) groups is 1. The van der Waals surface area contributed by atoms with E-state index in [1.165, 1.54) is 19.2 Å². The fourth-order valence-corrected chi connectivity index (χ4v) is 3.83. The van der Waals surface area contributed by atoms with Gasteiger partial charge in [-0.15, -0.1) is 0 Å². The van der Waals surface area contributed by atoms with E-state index in [1.54, 1.807) is 24.5 Å². The maximum Gasteiger partial charge on any atom is 0.265 e. The number of nitrogens with one attached hydrogen (secondary N) is 2. The van der Waals surface area contributed by atoms with Gasteiger partial charge in [-0.1, -0.05) is 17.7 Å². The number of sulfonamides is 1. The maximum atomic E-state index is 12.7. The van der Waals surface area contributed by atoms with Crippen molar-refractivity contribution in [2.45, 2.75) is 11.4 Å². The average molecular weight is 352 g/mol. The van der Waals surface area contributed by atoms with Crippen molar-refractivity contribution in [3.63, 3.8) is 0 Å². The third-order valence-electron chi connectivity index (χ3n) is 3.40. The molecule has 0 spiro atoms. The molecule has 1 heterocycles. The number of hydrogen-bond donors (Lipinski definition) is 2. The molecule has 2 aromatic rings. The summed E-state index contributed by atoms with van der Waals surface area (Å²) in [5.74, 6) is 0.225. The van der Waals surface area contributed by atoms with Gasteiger partial charge in [0.15, 0.2) is 0 Å². The molecule has 0 unspecified atom stereocenters. The SMILES string of the molecule is COc1ccc(Cl)cc1S(=O)(=O)Nc1cccc2c1CN=CN2. The van der Waals surface area contributed by atoms with E-state index in [0.29, 0.717) is 17.3 Å². The van der Waals surface area contributed by atoms with E-state index in [2.05, 4.69) is 15.0 Å². The number of hydrogen-bond acceptors (Lipinski definition) is 5. The molecule has 1 aliphatic heterocycles. The Labute approximate surface area is 139 Å². The van der Waals surface area contributed by atoms with Crippen LogP contribution in [0.5, 0.6) is 5.75 Å². The van der Waals surface area contributed by atoms with Crippen molar-refractivity contribution in [1.29, 1.82) is 0 Å². The van der Waals surface area contributed by atoms with E-state index in [-0.39, 0.29) is 10.6 Å². The molecule has 2 N–H and O–H groups in total. The molecular weight excluding hydrogens is 338 g/mol. The van der Waals surface area contributed by atoms with Crippen LogP contribution in [0, 0.1) is 0 Å². The van der Waals surface area contributed by atoms with Crippen LogP contribution in [0.25, 0.3) is 0 Å². The van der Waals surface area contributed by atoms with Crippen LogP contribution in [0.1, 0.15) is 5.56 Å². The van der Waals surface area contributed by atoms with Gasteiger partial charge in [-0.2, -0.15) is 0 Å². The summed E-state index contributed by atoms with van der Waals surface area (Å²) in [7, 11) is -2.44. The largest absolute Gasteiger partial charge is 0.495 e. The number of nitrogens with zero attached hydrogens (tertiary/aromatic N) is 1. The van der Waals surface area contributed by atoms with Gasteiger partial charge in [0.1, 0.15) is 10.6 Å². The van der Waals surface area contributed by atoms with E-state index in [0.717, 1.165) is 11.3 Å². The van der Waals surface area contributed by atoms with Crippen LogP contribution in [0.2, 0.25) is 5.02 Å². The van der Waals surface area contributed by atoms with Crippen molar-refractivity contribution in [2.75, 3.05) is 17.1 Å². The third kappa shape index (κ3) is 3.11. The number of methoxy groups -OCH3 is 1. The lowest BCUT2D eigenvalue weighted by Gasteiger charge is -2.18. The number of benzene rings is 2.